The number of allylic oxidation sites excluding steroid dienone is 1. The number of Topliss-reactive ketones (excluding diaryl/α,β-unsaturated/α-hetero) is 1. The highest BCUT2D eigenvalue weighted by Crippen LogP contribution is 2.42. The summed E-state index contributed by atoms with van der Waals surface area (Å²) in [5, 5.41) is 10.7. The molecule has 0 heterocycles. The van der Waals surface area contributed by atoms with E-state index in [1.54, 1.807) is 38.1 Å². The second-order valence-corrected chi connectivity index (χ2v) is 6.78. The number of rotatable bonds is 4. The maximum Gasteiger partial charge on any atom is 0.316 e. The number of ether oxygens (including phenoxy) is 1. The second-order valence-electron chi connectivity index (χ2n) is 6.78. The van der Waals surface area contributed by atoms with Gasteiger partial charge in [0.05, 0.1) is 29.8 Å². The molecule has 0 bridgehead atoms. The SMILES string of the molecule is CCC(=Nc1ccccc1N)C1=C(O)C(C(=O)OC)C(C)(C)CC1=O. The topological polar surface area (TPSA) is 102 Å². The molecule has 1 aliphatic carbocycles. The number of esters is 1. The fraction of sp³-hybridized carbons (Fsp3) is 0.421. The van der Waals surface area contributed by atoms with Crippen molar-refractivity contribution in [3.63, 3.8) is 0 Å². The van der Waals surface area contributed by atoms with E-state index in [0.717, 1.165) is 0 Å². The lowest BCUT2D eigenvalue weighted by atomic mass is 9.67. The summed E-state index contributed by atoms with van der Waals surface area (Å²) >= 11 is 0. The van der Waals surface area contributed by atoms with Gasteiger partial charge in [0.2, 0.25) is 0 Å². The van der Waals surface area contributed by atoms with Crippen LogP contribution < -0.4 is 5.73 Å². The van der Waals surface area contributed by atoms with Crippen LogP contribution in [-0.2, 0) is 14.3 Å². The van der Waals surface area contributed by atoms with Crippen LogP contribution in [-0.4, -0.2) is 29.7 Å². The molecule has 0 amide bonds. The summed E-state index contributed by atoms with van der Waals surface area (Å²) in [6.07, 6.45) is 0.531. The number of benzene rings is 1. The first-order valence-corrected chi connectivity index (χ1v) is 8.19. The molecule has 1 unspecified atom stereocenters. The third kappa shape index (κ3) is 3.57. The summed E-state index contributed by atoms with van der Waals surface area (Å²) in [6, 6.07) is 7.03. The molecule has 0 saturated carbocycles. The molecule has 6 heteroatoms. The van der Waals surface area contributed by atoms with E-state index in [1.807, 2.05) is 6.92 Å². The number of aliphatic imine (C=N–C) groups is 1. The number of nitrogens with zero attached hydrogens (tertiary/aromatic N) is 1. The minimum atomic E-state index is -0.907. The van der Waals surface area contributed by atoms with Crippen molar-refractivity contribution in [3.05, 3.63) is 35.6 Å². The molecule has 0 saturated heterocycles. The van der Waals surface area contributed by atoms with Gasteiger partial charge in [0.15, 0.2) is 5.78 Å². The molecule has 25 heavy (non-hydrogen) atoms. The summed E-state index contributed by atoms with van der Waals surface area (Å²) in [6.45, 7) is 5.35. The van der Waals surface area contributed by atoms with Crippen LogP contribution >= 0.6 is 0 Å². The molecule has 0 spiro atoms. The highest BCUT2D eigenvalue weighted by Gasteiger charge is 2.47. The molecule has 0 aromatic heterocycles. The number of anilines is 1. The van der Waals surface area contributed by atoms with Crippen LogP contribution in [0, 0.1) is 11.3 Å². The molecule has 134 valence electrons. The molecular formula is C19H24N2O4. The number of nitrogens with two attached hydrogens (primary N) is 1. The summed E-state index contributed by atoms with van der Waals surface area (Å²) in [4.78, 5) is 29.3. The molecule has 1 aromatic carbocycles. The largest absolute Gasteiger partial charge is 0.511 e. The van der Waals surface area contributed by atoms with Crippen molar-refractivity contribution in [2.75, 3.05) is 12.8 Å². The Morgan fingerprint density at radius 1 is 1.40 bits per heavy atom. The van der Waals surface area contributed by atoms with Crippen LogP contribution in [0.1, 0.15) is 33.6 Å². The smallest absolute Gasteiger partial charge is 0.316 e. The zero-order valence-corrected chi connectivity index (χ0v) is 15.0. The standard InChI is InChI=1S/C19H24N2O4/c1-5-12(21-13-9-7-6-8-11(13)20)15-14(22)10-19(2,3)16(17(15)23)18(24)25-4/h6-9,16,23H,5,10,20H2,1-4H3. The monoisotopic (exact) mass is 344 g/mol. The van der Waals surface area contributed by atoms with E-state index in [2.05, 4.69) is 4.99 Å². The quantitative estimate of drug-likeness (QED) is 0.495. The summed E-state index contributed by atoms with van der Waals surface area (Å²) in [5.41, 5.74) is 6.68. The van der Waals surface area contributed by atoms with E-state index in [-0.39, 0.29) is 23.5 Å². The molecule has 2 rings (SSSR count). The van der Waals surface area contributed by atoms with Crippen LogP contribution in [0.4, 0.5) is 11.4 Å². The summed E-state index contributed by atoms with van der Waals surface area (Å²) < 4.78 is 4.83. The Morgan fingerprint density at radius 3 is 2.60 bits per heavy atom. The molecule has 1 aliphatic rings. The molecule has 1 aromatic rings. The molecule has 3 N–H and O–H groups in total. The Bertz CT molecular complexity index is 762. The van der Waals surface area contributed by atoms with Gasteiger partial charge in [-0.05, 0) is 24.0 Å². The normalized spacial score (nSPS) is 20.6. The third-order valence-corrected chi connectivity index (χ3v) is 4.46. The molecule has 1 atom stereocenters. The van der Waals surface area contributed by atoms with Gasteiger partial charge in [-0.2, -0.15) is 0 Å². The van der Waals surface area contributed by atoms with Gasteiger partial charge in [-0.3, -0.25) is 14.6 Å². The van der Waals surface area contributed by atoms with E-state index in [9.17, 15) is 14.7 Å². The van der Waals surface area contributed by atoms with Crippen molar-refractivity contribution in [2.45, 2.75) is 33.6 Å². The molecule has 0 aliphatic heterocycles. The van der Waals surface area contributed by atoms with Gasteiger partial charge in [0.1, 0.15) is 11.7 Å². The van der Waals surface area contributed by atoms with E-state index in [0.29, 0.717) is 23.5 Å². The first-order valence-electron chi connectivity index (χ1n) is 8.19. The highest BCUT2D eigenvalue weighted by atomic mass is 16.5. The summed E-state index contributed by atoms with van der Waals surface area (Å²) in [7, 11) is 1.27. The fourth-order valence-electron chi connectivity index (χ4n) is 3.17. The first kappa shape index (κ1) is 18.7. The van der Waals surface area contributed by atoms with E-state index in [4.69, 9.17) is 10.5 Å². The predicted octanol–water partition coefficient (Wildman–Crippen LogP) is 3.35. The fourth-order valence-corrected chi connectivity index (χ4v) is 3.17. The number of hydrogen-bond acceptors (Lipinski definition) is 6. The molecule has 0 radical (unpaired) electrons. The summed E-state index contributed by atoms with van der Waals surface area (Å²) in [5.74, 6) is -1.99. The van der Waals surface area contributed by atoms with Crippen LogP contribution in [0.5, 0.6) is 0 Å². The Kier molecular flexibility index (Phi) is 5.30. The Labute approximate surface area is 147 Å². The minimum absolute atomic E-state index is 0.0977. The molecular weight excluding hydrogens is 320 g/mol. The van der Waals surface area contributed by atoms with Gasteiger partial charge in [0, 0.05) is 6.42 Å². The Balaban J connectivity index is 2.62. The van der Waals surface area contributed by atoms with Crippen LogP contribution in [0.2, 0.25) is 0 Å². The van der Waals surface area contributed by atoms with Crippen LogP contribution in [0.25, 0.3) is 0 Å². The Hall–Kier alpha value is -2.63. The number of carbonyl (C=O) groups excluding carboxylic acids is 2. The predicted molar refractivity (Wildman–Crippen MR) is 96.8 cm³/mol. The maximum absolute atomic E-state index is 12.7. The van der Waals surface area contributed by atoms with Gasteiger partial charge < -0.3 is 15.6 Å². The highest BCUT2D eigenvalue weighted by molar-refractivity contribution is 6.24. The second kappa shape index (κ2) is 7.09. The molecule has 6 nitrogen and oxygen atoms in total. The van der Waals surface area contributed by atoms with E-state index in [1.165, 1.54) is 7.11 Å². The third-order valence-electron chi connectivity index (χ3n) is 4.46. The van der Waals surface area contributed by atoms with Crippen molar-refractivity contribution in [2.24, 2.45) is 16.3 Å². The van der Waals surface area contributed by atoms with Gasteiger partial charge in [-0.1, -0.05) is 32.9 Å². The number of ketones is 1. The van der Waals surface area contributed by atoms with Crippen molar-refractivity contribution < 1.29 is 19.4 Å². The number of aliphatic hydroxyl groups excluding tert-OH is 1. The van der Waals surface area contributed by atoms with Crippen LogP contribution in [0.3, 0.4) is 0 Å². The van der Waals surface area contributed by atoms with Gasteiger partial charge >= 0.3 is 5.97 Å². The molecule has 0 fully saturated rings. The lowest BCUT2D eigenvalue weighted by Crippen LogP contribution is -2.41. The number of hydrogen-bond donors (Lipinski definition) is 2. The number of carbonyl (C=O) groups is 2. The van der Waals surface area contributed by atoms with Gasteiger partial charge in [-0.25, -0.2) is 0 Å². The zero-order chi connectivity index (χ0) is 18.8. The van der Waals surface area contributed by atoms with Crippen molar-refractivity contribution in [3.8, 4) is 0 Å². The van der Waals surface area contributed by atoms with Gasteiger partial charge in [0.25, 0.3) is 0 Å². The number of aliphatic hydroxyl groups is 1. The zero-order valence-electron chi connectivity index (χ0n) is 15.0. The minimum Gasteiger partial charge on any atom is -0.511 e. The first-order chi connectivity index (χ1) is 11.7. The van der Waals surface area contributed by atoms with Crippen LogP contribution in [0.15, 0.2) is 40.6 Å². The average Bonchev–Trinajstić information content (AvgIpc) is 2.54. The van der Waals surface area contributed by atoms with E-state index < -0.39 is 17.3 Å². The van der Waals surface area contributed by atoms with Crippen molar-refractivity contribution in [1.29, 1.82) is 0 Å². The number of nitrogen functional groups attached to an aromatic ring is 1. The van der Waals surface area contributed by atoms with Crippen molar-refractivity contribution in [1.82, 2.24) is 0 Å². The van der Waals surface area contributed by atoms with Crippen molar-refractivity contribution >= 4 is 28.8 Å². The average molecular weight is 344 g/mol. The lowest BCUT2D eigenvalue weighted by molar-refractivity contribution is -0.150. The number of para-hydroxylation sites is 2. The lowest BCUT2D eigenvalue weighted by Gasteiger charge is -2.36. The Morgan fingerprint density at radius 2 is 2.04 bits per heavy atom. The van der Waals surface area contributed by atoms with E-state index >= 15 is 0 Å². The number of methoxy groups -OCH3 is 1. The maximum atomic E-state index is 12.7. The van der Waals surface area contributed by atoms with Gasteiger partial charge in [-0.15, -0.1) is 0 Å².